The zero-order chi connectivity index (χ0) is 14.3. The Kier molecular flexibility index (Phi) is 7.61. The van der Waals surface area contributed by atoms with Crippen LogP contribution < -0.4 is 5.32 Å². The van der Waals surface area contributed by atoms with Crippen molar-refractivity contribution in [3.05, 3.63) is 33.8 Å². The fourth-order valence-corrected chi connectivity index (χ4v) is 2.92. The Morgan fingerprint density at radius 2 is 2.16 bits per heavy atom. The molecule has 1 aromatic rings. The van der Waals surface area contributed by atoms with Crippen LogP contribution in [0.25, 0.3) is 0 Å². The predicted molar refractivity (Wildman–Crippen MR) is 84.2 cm³/mol. The normalized spacial score (nSPS) is 10.5. The maximum atomic E-state index is 11.8. The first-order valence-corrected chi connectivity index (χ1v) is 7.86. The Bertz CT molecular complexity index is 429. The minimum Gasteiger partial charge on any atom is -0.344 e. The highest BCUT2D eigenvalue weighted by atomic mass is 35.5. The highest BCUT2D eigenvalue weighted by molar-refractivity contribution is 7.99. The molecule has 0 saturated carbocycles. The Hall–Kier alpha value is -0.420. The summed E-state index contributed by atoms with van der Waals surface area (Å²) in [7, 11) is 3.69. The van der Waals surface area contributed by atoms with E-state index >= 15 is 0 Å². The second-order valence-corrected chi connectivity index (χ2v) is 5.98. The van der Waals surface area contributed by atoms with E-state index in [4.69, 9.17) is 23.2 Å². The number of halogens is 2. The molecule has 0 bridgehead atoms. The number of likely N-dealkylation sites (N-methyl/N-ethyl adjacent to an activating group) is 2. The fourth-order valence-electron chi connectivity index (χ4n) is 1.40. The van der Waals surface area contributed by atoms with Crippen LogP contribution in [0.15, 0.2) is 18.2 Å². The van der Waals surface area contributed by atoms with Crippen molar-refractivity contribution in [1.82, 2.24) is 10.2 Å². The molecule has 0 spiro atoms. The molecule has 1 aromatic carbocycles. The molecule has 106 valence electrons. The van der Waals surface area contributed by atoms with Gasteiger partial charge in [0, 0.05) is 35.9 Å². The third-order valence-corrected chi connectivity index (χ3v) is 4.17. The van der Waals surface area contributed by atoms with Gasteiger partial charge < -0.3 is 10.2 Å². The van der Waals surface area contributed by atoms with Crippen LogP contribution in [0.1, 0.15) is 5.56 Å². The monoisotopic (exact) mass is 320 g/mol. The number of hydrogen-bond donors (Lipinski definition) is 1. The van der Waals surface area contributed by atoms with Gasteiger partial charge in [-0.1, -0.05) is 29.3 Å². The molecule has 0 heterocycles. The number of thioether (sulfide) groups is 1. The van der Waals surface area contributed by atoms with Gasteiger partial charge in [-0.15, -0.1) is 11.8 Å². The summed E-state index contributed by atoms with van der Waals surface area (Å²) in [6.45, 7) is 1.52. The molecule has 1 amide bonds. The smallest absolute Gasteiger partial charge is 0.232 e. The van der Waals surface area contributed by atoms with Crippen molar-refractivity contribution in [1.29, 1.82) is 0 Å². The summed E-state index contributed by atoms with van der Waals surface area (Å²) in [5.74, 6) is 1.30. The third-order valence-electron chi connectivity index (χ3n) is 2.62. The van der Waals surface area contributed by atoms with Gasteiger partial charge in [-0.3, -0.25) is 4.79 Å². The molecule has 0 atom stereocenters. The molecule has 0 aliphatic rings. The largest absolute Gasteiger partial charge is 0.344 e. The number of carbonyl (C=O) groups is 1. The van der Waals surface area contributed by atoms with Crippen LogP contribution in [0.3, 0.4) is 0 Å². The first-order chi connectivity index (χ1) is 9.04. The number of carbonyl (C=O) groups excluding carboxylic acids is 1. The maximum Gasteiger partial charge on any atom is 0.232 e. The van der Waals surface area contributed by atoms with Crippen molar-refractivity contribution in [2.24, 2.45) is 0 Å². The van der Waals surface area contributed by atoms with E-state index in [1.54, 1.807) is 22.7 Å². The lowest BCUT2D eigenvalue weighted by atomic mass is 10.2. The topological polar surface area (TPSA) is 32.3 Å². The Morgan fingerprint density at radius 3 is 2.79 bits per heavy atom. The van der Waals surface area contributed by atoms with Crippen LogP contribution in [-0.4, -0.2) is 43.7 Å². The number of amides is 1. The Balaban J connectivity index is 2.35. The lowest BCUT2D eigenvalue weighted by Gasteiger charge is -2.16. The quantitative estimate of drug-likeness (QED) is 0.838. The molecule has 0 saturated heterocycles. The summed E-state index contributed by atoms with van der Waals surface area (Å²) in [5.41, 5.74) is 1.00. The molecule has 0 aliphatic carbocycles. The van der Waals surface area contributed by atoms with Gasteiger partial charge >= 0.3 is 0 Å². The second kappa shape index (κ2) is 8.69. The molecule has 0 fully saturated rings. The number of nitrogens with one attached hydrogen (secondary N) is 1. The van der Waals surface area contributed by atoms with E-state index in [9.17, 15) is 4.79 Å². The number of rotatable bonds is 7. The standard InChI is InChI=1S/C13H18Cl2N2OS/c1-16-5-6-17(2)13(18)9-19-8-10-3-4-11(14)7-12(10)15/h3-4,7,16H,5-6,8-9H2,1-2H3. The molecule has 6 heteroatoms. The summed E-state index contributed by atoms with van der Waals surface area (Å²) < 4.78 is 0. The van der Waals surface area contributed by atoms with Crippen LogP contribution in [0, 0.1) is 0 Å². The van der Waals surface area contributed by atoms with Gasteiger partial charge in [0.05, 0.1) is 5.75 Å². The summed E-state index contributed by atoms with van der Waals surface area (Å²) in [6.07, 6.45) is 0. The molecule has 1 N–H and O–H groups in total. The van der Waals surface area contributed by atoms with E-state index in [2.05, 4.69) is 5.32 Å². The van der Waals surface area contributed by atoms with E-state index in [1.165, 1.54) is 0 Å². The Labute approximate surface area is 128 Å². The van der Waals surface area contributed by atoms with Gasteiger partial charge in [0.15, 0.2) is 0 Å². The van der Waals surface area contributed by atoms with E-state index in [1.807, 2.05) is 26.2 Å². The van der Waals surface area contributed by atoms with Gasteiger partial charge in [0.25, 0.3) is 0 Å². The number of benzene rings is 1. The maximum absolute atomic E-state index is 11.8. The van der Waals surface area contributed by atoms with Gasteiger partial charge in [0.1, 0.15) is 0 Å². The summed E-state index contributed by atoms with van der Waals surface area (Å²) in [4.78, 5) is 13.5. The molecular weight excluding hydrogens is 303 g/mol. The van der Waals surface area contributed by atoms with Crippen LogP contribution >= 0.6 is 35.0 Å². The molecule has 0 aliphatic heterocycles. The van der Waals surface area contributed by atoms with Crippen LogP contribution in [0.2, 0.25) is 10.0 Å². The second-order valence-electron chi connectivity index (χ2n) is 4.15. The van der Waals surface area contributed by atoms with Gasteiger partial charge in [-0.2, -0.15) is 0 Å². The SMILES string of the molecule is CNCCN(C)C(=O)CSCc1ccc(Cl)cc1Cl. The zero-order valence-electron chi connectivity index (χ0n) is 11.1. The zero-order valence-corrected chi connectivity index (χ0v) is 13.4. The first-order valence-electron chi connectivity index (χ1n) is 5.95. The van der Waals surface area contributed by atoms with Crippen molar-refractivity contribution in [2.75, 3.05) is 32.9 Å². The van der Waals surface area contributed by atoms with Crippen molar-refractivity contribution >= 4 is 40.9 Å². The lowest BCUT2D eigenvalue weighted by Crippen LogP contribution is -2.33. The predicted octanol–water partition coefficient (Wildman–Crippen LogP) is 2.90. The van der Waals surface area contributed by atoms with Gasteiger partial charge in [0.2, 0.25) is 5.91 Å². The summed E-state index contributed by atoms with van der Waals surface area (Å²) >= 11 is 13.5. The number of hydrogen-bond acceptors (Lipinski definition) is 3. The van der Waals surface area contributed by atoms with E-state index < -0.39 is 0 Å². The molecular formula is C13H18Cl2N2OS. The highest BCUT2D eigenvalue weighted by Gasteiger charge is 2.09. The van der Waals surface area contributed by atoms with Crippen LogP contribution in [-0.2, 0) is 10.5 Å². The first kappa shape index (κ1) is 16.6. The molecule has 3 nitrogen and oxygen atoms in total. The lowest BCUT2D eigenvalue weighted by molar-refractivity contribution is -0.127. The Morgan fingerprint density at radius 1 is 1.42 bits per heavy atom. The van der Waals surface area contributed by atoms with Gasteiger partial charge in [-0.05, 0) is 24.7 Å². The molecule has 0 unspecified atom stereocenters. The number of nitrogens with zero attached hydrogens (tertiary/aromatic N) is 1. The van der Waals surface area contributed by atoms with Crippen molar-refractivity contribution in [3.8, 4) is 0 Å². The van der Waals surface area contributed by atoms with E-state index in [0.29, 0.717) is 21.6 Å². The summed E-state index contributed by atoms with van der Waals surface area (Å²) in [6, 6.07) is 5.43. The molecule has 1 rings (SSSR count). The van der Waals surface area contributed by atoms with Crippen LogP contribution in [0.4, 0.5) is 0 Å². The van der Waals surface area contributed by atoms with Crippen molar-refractivity contribution < 1.29 is 4.79 Å². The van der Waals surface area contributed by atoms with E-state index in [-0.39, 0.29) is 5.91 Å². The van der Waals surface area contributed by atoms with Gasteiger partial charge in [-0.25, -0.2) is 0 Å². The minimum absolute atomic E-state index is 0.130. The molecule has 19 heavy (non-hydrogen) atoms. The average Bonchev–Trinajstić information content (AvgIpc) is 2.38. The highest BCUT2D eigenvalue weighted by Crippen LogP contribution is 2.24. The molecule has 0 aromatic heterocycles. The van der Waals surface area contributed by atoms with E-state index in [0.717, 1.165) is 18.7 Å². The van der Waals surface area contributed by atoms with Crippen molar-refractivity contribution in [3.63, 3.8) is 0 Å². The summed E-state index contributed by atoms with van der Waals surface area (Å²) in [5, 5.41) is 4.29. The fraction of sp³-hybridized carbons (Fsp3) is 0.462. The van der Waals surface area contributed by atoms with Crippen LogP contribution in [0.5, 0.6) is 0 Å². The third kappa shape index (κ3) is 6.04. The van der Waals surface area contributed by atoms with Crippen molar-refractivity contribution in [2.45, 2.75) is 5.75 Å². The molecule has 0 radical (unpaired) electrons. The minimum atomic E-state index is 0.130. The average molecular weight is 321 g/mol.